The standard InChI is InChI=1S/C12H13N3O2/c13-5-11-14-6-8(7-15-11)12(16)3-9-1-2-10(4-12)17-9/h6-7,9-10,16H,1-4H2. The van der Waals surface area contributed by atoms with Gasteiger partial charge in [-0.15, -0.1) is 0 Å². The molecule has 0 saturated carbocycles. The van der Waals surface area contributed by atoms with Gasteiger partial charge in [0.05, 0.1) is 17.8 Å². The van der Waals surface area contributed by atoms with Crippen molar-refractivity contribution in [3.63, 3.8) is 0 Å². The molecule has 5 heteroatoms. The van der Waals surface area contributed by atoms with Crippen molar-refractivity contribution in [1.82, 2.24) is 9.97 Å². The van der Waals surface area contributed by atoms with Crippen LogP contribution in [-0.4, -0.2) is 27.3 Å². The summed E-state index contributed by atoms with van der Waals surface area (Å²) in [6.45, 7) is 0. The average molecular weight is 231 g/mol. The van der Waals surface area contributed by atoms with Gasteiger partial charge in [0.25, 0.3) is 0 Å². The summed E-state index contributed by atoms with van der Waals surface area (Å²) in [6.07, 6.45) is 6.63. The molecule has 2 aliphatic heterocycles. The van der Waals surface area contributed by atoms with Crippen LogP contribution in [0.5, 0.6) is 0 Å². The van der Waals surface area contributed by atoms with Crippen LogP contribution in [0, 0.1) is 11.3 Å². The van der Waals surface area contributed by atoms with Gasteiger partial charge in [-0.05, 0) is 12.8 Å². The molecule has 0 aromatic carbocycles. The summed E-state index contributed by atoms with van der Waals surface area (Å²) in [5.74, 6) is 0.132. The fourth-order valence-corrected chi connectivity index (χ4v) is 2.78. The maximum atomic E-state index is 10.6. The normalized spacial score (nSPS) is 35.5. The van der Waals surface area contributed by atoms with Gasteiger partial charge < -0.3 is 9.84 Å². The third-order valence-electron chi connectivity index (χ3n) is 3.62. The molecular formula is C12H13N3O2. The Morgan fingerprint density at radius 3 is 2.41 bits per heavy atom. The number of nitrogens with zero attached hydrogens (tertiary/aromatic N) is 3. The first kappa shape index (κ1) is 10.6. The minimum absolute atomic E-state index is 0.132. The van der Waals surface area contributed by atoms with Crippen LogP contribution in [0.15, 0.2) is 12.4 Å². The molecule has 0 radical (unpaired) electrons. The number of ether oxygens (including phenoxy) is 1. The minimum atomic E-state index is -0.891. The van der Waals surface area contributed by atoms with Crippen molar-refractivity contribution in [2.45, 2.75) is 43.5 Å². The zero-order valence-corrected chi connectivity index (χ0v) is 9.33. The van der Waals surface area contributed by atoms with Crippen molar-refractivity contribution in [3.8, 4) is 6.07 Å². The number of nitriles is 1. The number of hydrogen-bond acceptors (Lipinski definition) is 5. The van der Waals surface area contributed by atoms with Crippen LogP contribution in [0.2, 0.25) is 0 Å². The molecular weight excluding hydrogens is 218 g/mol. The van der Waals surface area contributed by atoms with Gasteiger partial charge >= 0.3 is 0 Å². The van der Waals surface area contributed by atoms with Crippen molar-refractivity contribution in [3.05, 3.63) is 23.8 Å². The van der Waals surface area contributed by atoms with E-state index in [0.717, 1.165) is 12.8 Å². The molecule has 2 atom stereocenters. The fourth-order valence-electron chi connectivity index (χ4n) is 2.78. The molecule has 0 amide bonds. The Balaban J connectivity index is 1.89. The van der Waals surface area contributed by atoms with Gasteiger partial charge in [-0.3, -0.25) is 0 Å². The zero-order valence-electron chi connectivity index (χ0n) is 9.33. The Hall–Kier alpha value is -1.51. The second-order valence-electron chi connectivity index (χ2n) is 4.80. The molecule has 2 aliphatic rings. The van der Waals surface area contributed by atoms with Gasteiger partial charge in [0.2, 0.25) is 5.82 Å². The highest BCUT2D eigenvalue weighted by Crippen LogP contribution is 2.43. The molecule has 17 heavy (non-hydrogen) atoms. The summed E-state index contributed by atoms with van der Waals surface area (Å²) in [6, 6.07) is 1.87. The number of fused-ring (bicyclic) bond motifs is 2. The Morgan fingerprint density at radius 2 is 1.88 bits per heavy atom. The Bertz CT molecular complexity index is 454. The summed E-state index contributed by atoms with van der Waals surface area (Å²) in [4.78, 5) is 7.83. The van der Waals surface area contributed by atoms with Crippen molar-refractivity contribution >= 4 is 0 Å². The van der Waals surface area contributed by atoms with Gasteiger partial charge in [0, 0.05) is 30.8 Å². The lowest BCUT2D eigenvalue weighted by atomic mass is 9.85. The number of aliphatic hydroxyl groups is 1. The zero-order chi connectivity index (χ0) is 11.9. The number of hydrogen-bond donors (Lipinski definition) is 1. The molecule has 2 saturated heterocycles. The second-order valence-corrected chi connectivity index (χ2v) is 4.80. The predicted molar refractivity (Wildman–Crippen MR) is 57.8 cm³/mol. The van der Waals surface area contributed by atoms with Crippen molar-refractivity contribution in [2.24, 2.45) is 0 Å². The second kappa shape index (κ2) is 3.76. The topological polar surface area (TPSA) is 79.0 Å². The molecule has 2 fully saturated rings. The highest BCUT2D eigenvalue weighted by Gasteiger charge is 2.44. The first-order chi connectivity index (χ1) is 8.19. The lowest BCUT2D eigenvalue weighted by molar-refractivity contribution is -0.115. The van der Waals surface area contributed by atoms with E-state index in [2.05, 4.69) is 9.97 Å². The van der Waals surface area contributed by atoms with Crippen LogP contribution in [0.4, 0.5) is 0 Å². The van der Waals surface area contributed by atoms with E-state index >= 15 is 0 Å². The highest BCUT2D eigenvalue weighted by atomic mass is 16.5. The van der Waals surface area contributed by atoms with E-state index in [4.69, 9.17) is 10.00 Å². The van der Waals surface area contributed by atoms with Gasteiger partial charge in [-0.1, -0.05) is 0 Å². The third-order valence-corrected chi connectivity index (χ3v) is 3.62. The van der Waals surface area contributed by atoms with Crippen LogP contribution in [0.3, 0.4) is 0 Å². The Labute approximate surface area is 99.1 Å². The predicted octanol–water partition coefficient (Wildman–Crippen LogP) is 0.877. The lowest BCUT2D eigenvalue weighted by Gasteiger charge is -2.36. The average Bonchev–Trinajstić information content (AvgIpc) is 2.69. The van der Waals surface area contributed by atoms with E-state index in [1.165, 1.54) is 0 Å². The monoisotopic (exact) mass is 231 g/mol. The Morgan fingerprint density at radius 1 is 1.29 bits per heavy atom. The molecule has 1 aromatic rings. The molecule has 1 N–H and O–H groups in total. The number of aromatic nitrogens is 2. The van der Waals surface area contributed by atoms with Gasteiger partial charge in [0.1, 0.15) is 6.07 Å². The summed E-state index contributed by atoms with van der Waals surface area (Å²) < 4.78 is 5.71. The molecule has 3 heterocycles. The summed E-state index contributed by atoms with van der Waals surface area (Å²) >= 11 is 0. The van der Waals surface area contributed by atoms with Crippen LogP contribution in [0.1, 0.15) is 37.1 Å². The molecule has 0 aliphatic carbocycles. The van der Waals surface area contributed by atoms with Crippen LogP contribution >= 0.6 is 0 Å². The molecule has 0 spiro atoms. The largest absolute Gasteiger partial charge is 0.385 e. The molecule has 3 rings (SSSR count). The van der Waals surface area contributed by atoms with Crippen molar-refractivity contribution < 1.29 is 9.84 Å². The van der Waals surface area contributed by atoms with E-state index < -0.39 is 5.60 Å². The first-order valence-electron chi connectivity index (χ1n) is 5.80. The van der Waals surface area contributed by atoms with E-state index in [-0.39, 0.29) is 18.0 Å². The van der Waals surface area contributed by atoms with Crippen LogP contribution < -0.4 is 0 Å². The quantitative estimate of drug-likeness (QED) is 0.776. The van der Waals surface area contributed by atoms with Crippen molar-refractivity contribution in [1.29, 1.82) is 5.26 Å². The third kappa shape index (κ3) is 1.79. The van der Waals surface area contributed by atoms with Gasteiger partial charge in [0.15, 0.2) is 0 Å². The first-order valence-corrected chi connectivity index (χ1v) is 5.80. The summed E-state index contributed by atoms with van der Waals surface area (Å²) in [5.41, 5.74) is -0.199. The van der Waals surface area contributed by atoms with Gasteiger partial charge in [-0.25, -0.2) is 9.97 Å². The highest BCUT2D eigenvalue weighted by molar-refractivity contribution is 5.21. The molecule has 88 valence electrons. The lowest BCUT2D eigenvalue weighted by Crippen LogP contribution is -2.38. The molecule has 2 unspecified atom stereocenters. The van der Waals surface area contributed by atoms with Crippen molar-refractivity contribution in [2.75, 3.05) is 0 Å². The Kier molecular flexibility index (Phi) is 2.35. The SMILES string of the molecule is N#Cc1ncc(C2(O)CC3CCC(C2)O3)cn1. The van der Waals surface area contributed by atoms with Gasteiger partial charge in [-0.2, -0.15) is 5.26 Å². The minimum Gasteiger partial charge on any atom is -0.385 e. The maximum absolute atomic E-state index is 10.6. The van der Waals surface area contributed by atoms with E-state index in [1.807, 2.05) is 6.07 Å². The van der Waals surface area contributed by atoms with E-state index in [1.54, 1.807) is 12.4 Å². The fraction of sp³-hybridized carbons (Fsp3) is 0.583. The number of rotatable bonds is 1. The van der Waals surface area contributed by atoms with E-state index in [9.17, 15) is 5.11 Å². The molecule has 2 bridgehead atoms. The smallest absolute Gasteiger partial charge is 0.232 e. The summed E-state index contributed by atoms with van der Waals surface area (Å²) in [5, 5.41) is 19.3. The van der Waals surface area contributed by atoms with Crippen LogP contribution in [0.25, 0.3) is 0 Å². The summed E-state index contributed by atoms with van der Waals surface area (Å²) in [7, 11) is 0. The molecule has 1 aromatic heterocycles. The van der Waals surface area contributed by atoms with E-state index in [0.29, 0.717) is 18.4 Å². The maximum Gasteiger partial charge on any atom is 0.232 e. The van der Waals surface area contributed by atoms with Crippen LogP contribution in [-0.2, 0) is 10.3 Å². The molecule has 5 nitrogen and oxygen atoms in total.